The van der Waals surface area contributed by atoms with Crippen LogP contribution in [-0.2, 0) is 9.59 Å². The van der Waals surface area contributed by atoms with Crippen LogP contribution in [0.25, 0.3) is 0 Å². The van der Waals surface area contributed by atoms with Crippen LogP contribution >= 0.6 is 11.8 Å². The molecule has 17 heavy (non-hydrogen) atoms. The number of hydrogen-bond acceptors (Lipinski definition) is 4. The molecule has 0 saturated carbocycles. The fraction of sp³-hybridized carbons (Fsp3) is 0.818. The Morgan fingerprint density at radius 3 is 2.82 bits per heavy atom. The van der Waals surface area contributed by atoms with Crippen LogP contribution in [0.4, 0.5) is 0 Å². The number of piperidine rings is 1. The number of amides is 1. The van der Waals surface area contributed by atoms with E-state index in [0.717, 1.165) is 31.6 Å². The normalized spacial score (nSPS) is 30.0. The largest absolute Gasteiger partial charge is 0.480 e. The summed E-state index contributed by atoms with van der Waals surface area (Å²) < 4.78 is 0. The van der Waals surface area contributed by atoms with Crippen molar-refractivity contribution in [2.45, 2.75) is 31.3 Å². The minimum Gasteiger partial charge on any atom is -0.480 e. The van der Waals surface area contributed by atoms with Crippen molar-refractivity contribution in [3.8, 4) is 0 Å². The third-order valence-corrected chi connectivity index (χ3v) is 4.33. The van der Waals surface area contributed by atoms with Gasteiger partial charge in [0.05, 0.1) is 6.04 Å². The number of carbonyl (C=O) groups excluding carboxylic acids is 1. The highest BCUT2D eigenvalue weighted by Crippen LogP contribution is 2.19. The molecule has 96 valence electrons. The van der Waals surface area contributed by atoms with E-state index in [0.29, 0.717) is 12.3 Å². The lowest BCUT2D eigenvalue weighted by atomic mass is 10.0. The molecule has 2 rings (SSSR count). The molecule has 0 aromatic carbocycles. The highest BCUT2D eigenvalue weighted by molar-refractivity contribution is 7.99. The molecule has 2 saturated heterocycles. The Labute approximate surface area is 105 Å². The molecular formula is C11H18N2O3S. The van der Waals surface area contributed by atoms with Gasteiger partial charge in [0.2, 0.25) is 5.91 Å². The van der Waals surface area contributed by atoms with Crippen molar-refractivity contribution < 1.29 is 14.7 Å². The second-order valence-corrected chi connectivity index (χ2v) is 5.61. The molecule has 0 aromatic heterocycles. The molecular weight excluding hydrogens is 240 g/mol. The predicted octanol–water partition coefficient (Wildman–Crippen LogP) is 0.157. The van der Waals surface area contributed by atoms with E-state index in [1.165, 1.54) is 0 Å². The van der Waals surface area contributed by atoms with E-state index in [1.807, 2.05) is 0 Å². The second kappa shape index (κ2) is 5.73. The standard InChI is InChI=1S/C11H18N2O3S/c14-10(8-3-1-2-4-12-8)13-5-6-17-7-9(13)11(15)16/h8-9,12H,1-7H2,(H,15,16). The topological polar surface area (TPSA) is 69.6 Å². The molecule has 0 radical (unpaired) electrons. The molecule has 5 nitrogen and oxygen atoms in total. The van der Waals surface area contributed by atoms with Gasteiger partial charge in [-0.25, -0.2) is 4.79 Å². The third kappa shape index (κ3) is 2.93. The van der Waals surface area contributed by atoms with Gasteiger partial charge in [0.1, 0.15) is 6.04 Å². The maximum atomic E-state index is 12.3. The van der Waals surface area contributed by atoms with E-state index in [2.05, 4.69) is 5.32 Å². The Kier molecular flexibility index (Phi) is 4.28. The van der Waals surface area contributed by atoms with E-state index in [4.69, 9.17) is 5.11 Å². The summed E-state index contributed by atoms with van der Waals surface area (Å²) in [5.41, 5.74) is 0. The Morgan fingerprint density at radius 2 is 2.18 bits per heavy atom. The van der Waals surface area contributed by atoms with Crippen molar-refractivity contribution in [2.24, 2.45) is 0 Å². The SMILES string of the molecule is O=C(O)C1CSCCN1C(=O)C1CCCCN1. The molecule has 2 unspecified atom stereocenters. The van der Waals surface area contributed by atoms with Crippen molar-refractivity contribution in [1.29, 1.82) is 0 Å². The first-order valence-electron chi connectivity index (χ1n) is 6.04. The third-order valence-electron chi connectivity index (χ3n) is 3.31. The number of hydrogen-bond donors (Lipinski definition) is 2. The van der Waals surface area contributed by atoms with Crippen LogP contribution in [0.15, 0.2) is 0 Å². The van der Waals surface area contributed by atoms with Gasteiger partial charge in [-0.1, -0.05) is 6.42 Å². The van der Waals surface area contributed by atoms with Crippen LogP contribution in [0.1, 0.15) is 19.3 Å². The Morgan fingerprint density at radius 1 is 1.35 bits per heavy atom. The summed E-state index contributed by atoms with van der Waals surface area (Å²) in [6, 6.07) is -0.821. The zero-order valence-corrected chi connectivity index (χ0v) is 10.5. The average molecular weight is 258 g/mol. The summed E-state index contributed by atoms with van der Waals surface area (Å²) in [6.07, 6.45) is 2.97. The van der Waals surface area contributed by atoms with Gasteiger partial charge >= 0.3 is 5.97 Å². The van der Waals surface area contributed by atoms with E-state index >= 15 is 0 Å². The quantitative estimate of drug-likeness (QED) is 0.738. The average Bonchev–Trinajstić information content (AvgIpc) is 2.39. The molecule has 2 aliphatic rings. The summed E-state index contributed by atoms with van der Waals surface area (Å²) in [5.74, 6) is 0.425. The van der Waals surface area contributed by atoms with E-state index in [-0.39, 0.29) is 11.9 Å². The zero-order chi connectivity index (χ0) is 12.3. The molecule has 1 amide bonds. The van der Waals surface area contributed by atoms with E-state index in [9.17, 15) is 9.59 Å². The molecule has 2 atom stereocenters. The minimum absolute atomic E-state index is 0.0302. The van der Waals surface area contributed by atoms with Gasteiger partial charge in [0.15, 0.2) is 0 Å². The minimum atomic E-state index is -0.888. The summed E-state index contributed by atoms with van der Waals surface area (Å²) in [4.78, 5) is 24.9. The van der Waals surface area contributed by atoms with Gasteiger partial charge in [-0.05, 0) is 19.4 Å². The van der Waals surface area contributed by atoms with Gasteiger partial charge in [-0.3, -0.25) is 4.79 Å². The predicted molar refractivity (Wildman–Crippen MR) is 66.1 cm³/mol. The van der Waals surface area contributed by atoms with Crippen molar-refractivity contribution >= 4 is 23.6 Å². The van der Waals surface area contributed by atoms with Crippen LogP contribution in [0.3, 0.4) is 0 Å². The zero-order valence-electron chi connectivity index (χ0n) is 9.72. The van der Waals surface area contributed by atoms with E-state index < -0.39 is 12.0 Å². The van der Waals surface area contributed by atoms with E-state index in [1.54, 1.807) is 16.7 Å². The lowest BCUT2D eigenvalue weighted by molar-refractivity contribution is -0.150. The number of carboxylic acids is 1. The number of carbonyl (C=O) groups is 2. The molecule has 6 heteroatoms. The fourth-order valence-electron chi connectivity index (χ4n) is 2.33. The fourth-order valence-corrected chi connectivity index (χ4v) is 3.37. The number of nitrogens with zero attached hydrogens (tertiary/aromatic N) is 1. The summed E-state index contributed by atoms with van der Waals surface area (Å²) in [5, 5.41) is 12.3. The van der Waals surface area contributed by atoms with Gasteiger partial charge < -0.3 is 15.3 Å². The number of thioether (sulfide) groups is 1. The number of aliphatic carboxylic acids is 1. The van der Waals surface area contributed by atoms with Crippen LogP contribution < -0.4 is 5.32 Å². The molecule has 0 aromatic rings. The summed E-state index contributed by atoms with van der Waals surface area (Å²) in [6.45, 7) is 1.41. The first-order valence-corrected chi connectivity index (χ1v) is 7.20. The first kappa shape index (κ1) is 12.7. The molecule has 2 fully saturated rings. The van der Waals surface area contributed by atoms with Crippen molar-refractivity contribution in [1.82, 2.24) is 10.2 Å². The number of nitrogens with one attached hydrogen (secondary N) is 1. The Hall–Kier alpha value is -0.750. The van der Waals surface area contributed by atoms with Crippen LogP contribution in [-0.4, -0.2) is 58.6 Å². The number of rotatable bonds is 2. The molecule has 2 heterocycles. The molecule has 0 aliphatic carbocycles. The van der Waals surface area contributed by atoms with Crippen LogP contribution in [0, 0.1) is 0 Å². The summed E-state index contributed by atoms with van der Waals surface area (Å²) in [7, 11) is 0. The monoisotopic (exact) mass is 258 g/mol. The lowest BCUT2D eigenvalue weighted by Gasteiger charge is -2.36. The highest BCUT2D eigenvalue weighted by Gasteiger charge is 2.35. The van der Waals surface area contributed by atoms with Crippen molar-refractivity contribution in [3.05, 3.63) is 0 Å². The van der Waals surface area contributed by atoms with Gasteiger partial charge in [-0.15, -0.1) is 0 Å². The molecule has 0 spiro atoms. The summed E-state index contributed by atoms with van der Waals surface area (Å²) >= 11 is 1.60. The van der Waals surface area contributed by atoms with Gasteiger partial charge in [0, 0.05) is 18.1 Å². The van der Waals surface area contributed by atoms with Crippen molar-refractivity contribution in [3.63, 3.8) is 0 Å². The Balaban J connectivity index is 2.02. The van der Waals surface area contributed by atoms with Crippen molar-refractivity contribution in [2.75, 3.05) is 24.6 Å². The molecule has 0 bridgehead atoms. The highest BCUT2D eigenvalue weighted by atomic mass is 32.2. The smallest absolute Gasteiger partial charge is 0.327 e. The molecule has 2 N–H and O–H groups in total. The Bertz CT molecular complexity index is 305. The van der Waals surface area contributed by atoms with Gasteiger partial charge in [0.25, 0.3) is 0 Å². The van der Waals surface area contributed by atoms with Crippen LogP contribution in [0.2, 0.25) is 0 Å². The maximum Gasteiger partial charge on any atom is 0.327 e. The van der Waals surface area contributed by atoms with Gasteiger partial charge in [-0.2, -0.15) is 11.8 Å². The second-order valence-electron chi connectivity index (χ2n) is 4.46. The maximum absolute atomic E-state index is 12.3. The van der Waals surface area contributed by atoms with Crippen LogP contribution in [0.5, 0.6) is 0 Å². The molecule has 2 aliphatic heterocycles. The lowest BCUT2D eigenvalue weighted by Crippen LogP contribution is -2.56. The number of carboxylic acid groups (broad SMARTS) is 1. The first-order chi connectivity index (χ1) is 8.20.